The van der Waals surface area contributed by atoms with Crippen molar-refractivity contribution in [2.45, 2.75) is 12.6 Å². The Kier molecular flexibility index (Phi) is 3.61. The molecule has 0 aliphatic carbocycles. The topological polar surface area (TPSA) is 60.2 Å². The van der Waals surface area contributed by atoms with Gasteiger partial charge in [0.05, 0.1) is 18.0 Å². The lowest BCUT2D eigenvalue weighted by atomic mass is 10.0. The second kappa shape index (κ2) is 5.58. The van der Waals surface area contributed by atoms with Gasteiger partial charge in [-0.1, -0.05) is 12.1 Å². The average Bonchev–Trinajstić information content (AvgIpc) is 2.79. The molecule has 1 amide bonds. The molecule has 0 bridgehead atoms. The molecule has 5 heteroatoms. The summed E-state index contributed by atoms with van der Waals surface area (Å²) >= 11 is 0. The van der Waals surface area contributed by atoms with Gasteiger partial charge in [-0.15, -0.1) is 0 Å². The summed E-state index contributed by atoms with van der Waals surface area (Å²) in [5.41, 5.74) is 3.10. The second-order valence-electron chi connectivity index (χ2n) is 5.58. The van der Waals surface area contributed by atoms with E-state index >= 15 is 0 Å². The quantitative estimate of drug-likeness (QED) is 0.871. The molecule has 5 nitrogen and oxygen atoms in total. The van der Waals surface area contributed by atoms with E-state index in [4.69, 9.17) is 0 Å². The second-order valence-corrected chi connectivity index (χ2v) is 5.58. The molecule has 1 aliphatic rings. The van der Waals surface area contributed by atoms with Gasteiger partial charge in [-0.25, -0.2) is 0 Å². The molecule has 0 saturated heterocycles. The van der Waals surface area contributed by atoms with Crippen LogP contribution < -0.4 is 4.90 Å². The number of benzene rings is 1. The van der Waals surface area contributed by atoms with E-state index in [0.717, 1.165) is 17.7 Å². The van der Waals surface area contributed by atoms with Crippen LogP contribution in [0.5, 0.6) is 0 Å². The number of anilines is 1. The van der Waals surface area contributed by atoms with Crippen LogP contribution in [0.3, 0.4) is 0 Å². The smallest absolute Gasteiger partial charge is 0.260 e. The summed E-state index contributed by atoms with van der Waals surface area (Å²) in [6, 6.07) is 10.9. The Morgan fingerprint density at radius 1 is 1.36 bits per heavy atom. The minimum Gasteiger partial charge on any atom is -0.305 e. The highest BCUT2D eigenvalue weighted by atomic mass is 16.2. The Bertz CT molecular complexity index is 749. The van der Waals surface area contributed by atoms with Crippen molar-refractivity contribution in [2.24, 2.45) is 0 Å². The van der Waals surface area contributed by atoms with Crippen LogP contribution in [0, 0.1) is 11.3 Å². The molecule has 0 N–H and O–H groups in total. The number of fused-ring (bicyclic) bond motifs is 1. The largest absolute Gasteiger partial charge is 0.305 e. The SMILES string of the molecule is CN(C)Cc1ccc2c(c1)C(C#N)N(c1cccnc1)C2=O. The van der Waals surface area contributed by atoms with Crippen molar-refractivity contribution in [2.75, 3.05) is 19.0 Å². The van der Waals surface area contributed by atoms with Crippen LogP contribution in [0.4, 0.5) is 5.69 Å². The van der Waals surface area contributed by atoms with Crippen molar-refractivity contribution in [1.29, 1.82) is 5.26 Å². The minimum atomic E-state index is -0.603. The van der Waals surface area contributed by atoms with E-state index in [1.54, 1.807) is 24.5 Å². The fourth-order valence-corrected chi connectivity index (χ4v) is 2.77. The van der Waals surface area contributed by atoms with Crippen LogP contribution in [-0.2, 0) is 6.54 Å². The van der Waals surface area contributed by atoms with E-state index in [2.05, 4.69) is 16.0 Å². The summed E-state index contributed by atoms with van der Waals surface area (Å²) in [5, 5.41) is 9.56. The Hall–Kier alpha value is -2.71. The van der Waals surface area contributed by atoms with Crippen molar-refractivity contribution >= 4 is 11.6 Å². The molecular formula is C17H16N4O. The van der Waals surface area contributed by atoms with Crippen molar-refractivity contribution in [1.82, 2.24) is 9.88 Å². The van der Waals surface area contributed by atoms with Gasteiger partial charge in [-0.2, -0.15) is 5.26 Å². The molecule has 2 heterocycles. The van der Waals surface area contributed by atoms with Crippen molar-refractivity contribution in [3.63, 3.8) is 0 Å². The summed E-state index contributed by atoms with van der Waals surface area (Å²) in [6.45, 7) is 0.770. The normalized spacial score (nSPS) is 16.7. The first kappa shape index (κ1) is 14.2. The van der Waals surface area contributed by atoms with Crippen molar-refractivity contribution in [3.8, 4) is 6.07 Å². The third kappa shape index (κ3) is 2.34. The number of hydrogen-bond acceptors (Lipinski definition) is 4. The maximum absolute atomic E-state index is 12.6. The van der Waals surface area contributed by atoms with Gasteiger partial charge in [0, 0.05) is 23.9 Å². The molecule has 0 spiro atoms. The number of rotatable bonds is 3. The molecule has 1 unspecified atom stereocenters. The van der Waals surface area contributed by atoms with E-state index in [1.807, 2.05) is 32.3 Å². The molecule has 0 fully saturated rings. The average molecular weight is 292 g/mol. The maximum Gasteiger partial charge on any atom is 0.260 e. The standard InChI is InChI=1S/C17H16N4O/c1-20(2)11-12-5-6-14-15(8-12)16(9-18)21(17(14)22)13-4-3-7-19-10-13/h3-8,10,16H,11H2,1-2H3. The minimum absolute atomic E-state index is 0.147. The molecule has 2 aromatic rings. The Morgan fingerprint density at radius 2 is 2.18 bits per heavy atom. The van der Waals surface area contributed by atoms with E-state index in [0.29, 0.717) is 11.3 Å². The van der Waals surface area contributed by atoms with Crippen LogP contribution in [0.15, 0.2) is 42.7 Å². The summed E-state index contributed by atoms with van der Waals surface area (Å²) in [5.74, 6) is -0.147. The van der Waals surface area contributed by atoms with Crippen LogP contribution in [0.1, 0.15) is 27.5 Å². The maximum atomic E-state index is 12.6. The first-order chi connectivity index (χ1) is 10.6. The zero-order valence-corrected chi connectivity index (χ0v) is 12.5. The molecule has 1 aromatic carbocycles. The highest BCUT2D eigenvalue weighted by Gasteiger charge is 2.38. The number of nitriles is 1. The van der Waals surface area contributed by atoms with Crippen LogP contribution in [-0.4, -0.2) is 29.9 Å². The van der Waals surface area contributed by atoms with E-state index in [-0.39, 0.29) is 5.91 Å². The van der Waals surface area contributed by atoms with Crippen LogP contribution >= 0.6 is 0 Å². The highest BCUT2D eigenvalue weighted by molar-refractivity contribution is 6.11. The predicted octanol–water partition coefficient (Wildman–Crippen LogP) is 2.37. The van der Waals surface area contributed by atoms with E-state index in [9.17, 15) is 10.1 Å². The molecule has 1 aromatic heterocycles. The molecule has 1 aliphatic heterocycles. The fourth-order valence-electron chi connectivity index (χ4n) is 2.77. The third-order valence-electron chi connectivity index (χ3n) is 3.66. The Morgan fingerprint density at radius 3 is 2.82 bits per heavy atom. The number of hydrogen-bond donors (Lipinski definition) is 0. The van der Waals surface area contributed by atoms with Gasteiger partial charge >= 0.3 is 0 Å². The van der Waals surface area contributed by atoms with Crippen molar-refractivity contribution < 1.29 is 4.79 Å². The van der Waals surface area contributed by atoms with Gasteiger partial charge in [0.15, 0.2) is 6.04 Å². The number of amides is 1. The molecule has 110 valence electrons. The zero-order valence-electron chi connectivity index (χ0n) is 12.5. The third-order valence-corrected chi connectivity index (χ3v) is 3.66. The van der Waals surface area contributed by atoms with Gasteiger partial charge in [-0.3, -0.25) is 14.7 Å². The zero-order chi connectivity index (χ0) is 15.7. The lowest BCUT2D eigenvalue weighted by molar-refractivity contribution is 0.0994. The molecule has 3 rings (SSSR count). The van der Waals surface area contributed by atoms with Gasteiger partial charge in [-0.05, 0) is 37.9 Å². The summed E-state index contributed by atoms with van der Waals surface area (Å²) < 4.78 is 0. The van der Waals surface area contributed by atoms with Gasteiger partial charge < -0.3 is 4.90 Å². The Labute approximate surface area is 129 Å². The van der Waals surface area contributed by atoms with Crippen LogP contribution in [0.25, 0.3) is 0 Å². The molecule has 0 saturated carbocycles. The van der Waals surface area contributed by atoms with Gasteiger partial charge in [0.1, 0.15) is 0 Å². The van der Waals surface area contributed by atoms with Crippen molar-refractivity contribution in [3.05, 3.63) is 59.4 Å². The predicted molar refractivity (Wildman–Crippen MR) is 83.2 cm³/mol. The lowest BCUT2D eigenvalue weighted by Gasteiger charge is -2.19. The summed E-state index contributed by atoms with van der Waals surface area (Å²) in [4.78, 5) is 20.2. The monoisotopic (exact) mass is 292 g/mol. The summed E-state index contributed by atoms with van der Waals surface area (Å²) in [6.07, 6.45) is 3.25. The first-order valence-electron chi connectivity index (χ1n) is 7.02. The molecule has 22 heavy (non-hydrogen) atoms. The number of nitrogens with zero attached hydrogens (tertiary/aromatic N) is 4. The van der Waals surface area contributed by atoms with Crippen LogP contribution in [0.2, 0.25) is 0 Å². The fraction of sp³-hybridized carbons (Fsp3) is 0.235. The number of carbonyl (C=O) groups excluding carboxylic acids is 1. The van der Waals surface area contributed by atoms with E-state index in [1.165, 1.54) is 4.90 Å². The van der Waals surface area contributed by atoms with Gasteiger partial charge in [0.2, 0.25) is 0 Å². The molecule has 1 atom stereocenters. The summed E-state index contributed by atoms with van der Waals surface area (Å²) in [7, 11) is 3.98. The first-order valence-corrected chi connectivity index (χ1v) is 7.02. The number of pyridine rings is 1. The number of carbonyl (C=O) groups is 1. The highest BCUT2D eigenvalue weighted by Crippen LogP contribution is 2.37. The number of aromatic nitrogens is 1. The molecular weight excluding hydrogens is 276 g/mol. The van der Waals surface area contributed by atoms with E-state index < -0.39 is 6.04 Å². The molecule has 0 radical (unpaired) electrons. The Balaban J connectivity index is 2.05. The van der Waals surface area contributed by atoms with Gasteiger partial charge in [0.25, 0.3) is 5.91 Å². The lowest BCUT2D eigenvalue weighted by Crippen LogP contribution is -2.26.